The Morgan fingerprint density at radius 2 is 1.82 bits per heavy atom. The Balaban J connectivity index is 1.73. The van der Waals surface area contributed by atoms with Crippen molar-refractivity contribution in [2.75, 3.05) is 12.9 Å². The normalized spacial score (nSPS) is 10.3. The Labute approximate surface area is 135 Å². The Kier molecular flexibility index (Phi) is 6.34. The van der Waals surface area contributed by atoms with Crippen molar-refractivity contribution in [3.8, 4) is 5.75 Å². The number of rotatable bonds is 7. The Morgan fingerprint density at radius 3 is 2.55 bits per heavy atom. The minimum atomic E-state index is -0.189. The Bertz CT molecular complexity index is 608. The van der Waals surface area contributed by atoms with Crippen LogP contribution in [0.25, 0.3) is 0 Å². The van der Waals surface area contributed by atoms with Gasteiger partial charge < -0.3 is 9.47 Å². The van der Waals surface area contributed by atoms with Gasteiger partial charge in [-0.1, -0.05) is 35.9 Å². The van der Waals surface area contributed by atoms with Crippen molar-refractivity contribution in [2.45, 2.75) is 24.8 Å². The molecule has 0 aromatic heterocycles. The van der Waals surface area contributed by atoms with E-state index in [1.54, 1.807) is 18.9 Å². The Morgan fingerprint density at radius 1 is 1.09 bits per heavy atom. The molecular formula is C18H20O3S. The second-order valence-electron chi connectivity index (χ2n) is 4.88. The summed E-state index contributed by atoms with van der Waals surface area (Å²) in [5.41, 5.74) is 2.12. The summed E-state index contributed by atoms with van der Waals surface area (Å²) in [6.45, 7) is 2.31. The second-order valence-corrected chi connectivity index (χ2v) is 6.05. The molecule has 0 unspecified atom stereocenters. The number of esters is 1. The largest absolute Gasteiger partial charge is 0.496 e. The molecule has 0 fully saturated rings. The standard InChI is InChI=1S/C18H20O3S/c1-14-7-9-16(10-8-14)22-12-11-18(19)21-13-15-5-3-4-6-17(15)20-2/h3-10H,11-13H2,1-2H3. The topological polar surface area (TPSA) is 35.5 Å². The van der Waals surface area contributed by atoms with Crippen LogP contribution in [0.3, 0.4) is 0 Å². The van der Waals surface area contributed by atoms with Gasteiger partial charge in [-0.2, -0.15) is 0 Å². The van der Waals surface area contributed by atoms with E-state index in [2.05, 4.69) is 31.2 Å². The van der Waals surface area contributed by atoms with Crippen LogP contribution in [0, 0.1) is 6.92 Å². The van der Waals surface area contributed by atoms with Gasteiger partial charge in [-0.3, -0.25) is 4.79 Å². The van der Waals surface area contributed by atoms with E-state index in [4.69, 9.17) is 9.47 Å². The summed E-state index contributed by atoms with van der Waals surface area (Å²) >= 11 is 1.66. The first kappa shape index (κ1) is 16.4. The van der Waals surface area contributed by atoms with Crippen LogP contribution in [-0.4, -0.2) is 18.8 Å². The van der Waals surface area contributed by atoms with Crippen LogP contribution in [0.1, 0.15) is 17.5 Å². The lowest BCUT2D eigenvalue weighted by molar-refractivity contribution is -0.144. The van der Waals surface area contributed by atoms with E-state index in [-0.39, 0.29) is 12.6 Å². The number of benzene rings is 2. The highest BCUT2D eigenvalue weighted by Gasteiger charge is 2.07. The van der Waals surface area contributed by atoms with E-state index < -0.39 is 0 Å². The SMILES string of the molecule is COc1ccccc1COC(=O)CCSc1ccc(C)cc1. The van der Waals surface area contributed by atoms with E-state index in [0.29, 0.717) is 12.2 Å². The maximum Gasteiger partial charge on any atom is 0.306 e. The maximum atomic E-state index is 11.8. The third-order valence-electron chi connectivity index (χ3n) is 3.18. The molecule has 4 heteroatoms. The molecule has 0 heterocycles. The molecule has 0 amide bonds. The van der Waals surface area contributed by atoms with Crippen LogP contribution in [0.4, 0.5) is 0 Å². The first-order chi connectivity index (χ1) is 10.7. The molecule has 0 saturated carbocycles. The zero-order valence-electron chi connectivity index (χ0n) is 12.9. The molecule has 0 radical (unpaired) electrons. The molecule has 0 aliphatic carbocycles. The molecule has 0 atom stereocenters. The molecule has 2 rings (SSSR count). The van der Waals surface area contributed by atoms with Gasteiger partial charge in [0, 0.05) is 16.2 Å². The molecule has 0 spiro atoms. The first-order valence-corrected chi connectivity index (χ1v) is 8.14. The molecule has 3 nitrogen and oxygen atoms in total. The second kappa shape index (κ2) is 8.49. The molecule has 0 bridgehead atoms. The first-order valence-electron chi connectivity index (χ1n) is 7.16. The number of carbonyl (C=O) groups is 1. The van der Waals surface area contributed by atoms with Crippen LogP contribution in [0.15, 0.2) is 53.4 Å². The third-order valence-corrected chi connectivity index (χ3v) is 4.19. The highest BCUT2D eigenvalue weighted by Crippen LogP contribution is 2.20. The molecule has 2 aromatic rings. The number of hydrogen-bond donors (Lipinski definition) is 0. The number of ether oxygens (including phenoxy) is 2. The highest BCUT2D eigenvalue weighted by atomic mass is 32.2. The summed E-state index contributed by atoms with van der Waals surface area (Å²) in [5, 5.41) is 0. The molecule has 22 heavy (non-hydrogen) atoms. The summed E-state index contributed by atoms with van der Waals surface area (Å²) in [6.07, 6.45) is 0.397. The Hall–Kier alpha value is -1.94. The average Bonchev–Trinajstić information content (AvgIpc) is 2.55. The van der Waals surface area contributed by atoms with E-state index in [1.807, 2.05) is 24.3 Å². The number of carbonyl (C=O) groups excluding carboxylic acids is 1. The van der Waals surface area contributed by atoms with Gasteiger partial charge in [0.2, 0.25) is 0 Å². The molecule has 116 valence electrons. The van der Waals surface area contributed by atoms with E-state index in [9.17, 15) is 4.79 Å². The number of para-hydroxylation sites is 1. The summed E-state index contributed by atoms with van der Waals surface area (Å²) < 4.78 is 10.5. The van der Waals surface area contributed by atoms with Crippen LogP contribution in [0.5, 0.6) is 5.75 Å². The van der Waals surface area contributed by atoms with Crippen molar-refractivity contribution in [1.82, 2.24) is 0 Å². The minimum absolute atomic E-state index is 0.189. The van der Waals surface area contributed by atoms with Crippen LogP contribution >= 0.6 is 11.8 Å². The molecule has 0 aliphatic heterocycles. The fraction of sp³-hybridized carbons (Fsp3) is 0.278. The van der Waals surface area contributed by atoms with Crippen molar-refractivity contribution >= 4 is 17.7 Å². The predicted molar refractivity (Wildman–Crippen MR) is 89.3 cm³/mol. The van der Waals surface area contributed by atoms with Gasteiger partial charge in [0.1, 0.15) is 12.4 Å². The third kappa shape index (κ3) is 5.11. The highest BCUT2D eigenvalue weighted by molar-refractivity contribution is 7.99. The van der Waals surface area contributed by atoms with E-state index >= 15 is 0 Å². The van der Waals surface area contributed by atoms with Gasteiger partial charge in [0.05, 0.1) is 13.5 Å². The zero-order valence-corrected chi connectivity index (χ0v) is 13.7. The monoisotopic (exact) mass is 316 g/mol. The van der Waals surface area contributed by atoms with E-state index in [1.165, 1.54) is 10.5 Å². The van der Waals surface area contributed by atoms with Gasteiger partial charge in [-0.15, -0.1) is 11.8 Å². The smallest absolute Gasteiger partial charge is 0.306 e. The number of thioether (sulfide) groups is 1. The molecular weight excluding hydrogens is 296 g/mol. The van der Waals surface area contributed by atoms with Crippen LogP contribution in [-0.2, 0) is 16.1 Å². The molecule has 2 aromatic carbocycles. The molecule has 0 saturated heterocycles. The number of hydrogen-bond acceptors (Lipinski definition) is 4. The van der Waals surface area contributed by atoms with Gasteiger partial charge in [-0.25, -0.2) is 0 Å². The van der Waals surface area contributed by atoms with Gasteiger partial charge in [-0.05, 0) is 25.1 Å². The predicted octanol–water partition coefficient (Wildman–Crippen LogP) is 4.23. The van der Waals surface area contributed by atoms with E-state index in [0.717, 1.165) is 11.3 Å². The summed E-state index contributed by atoms with van der Waals surface area (Å²) in [6, 6.07) is 15.8. The van der Waals surface area contributed by atoms with Crippen molar-refractivity contribution in [2.24, 2.45) is 0 Å². The quantitative estimate of drug-likeness (QED) is 0.566. The summed E-state index contributed by atoms with van der Waals surface area (Å²) in [4.78, 5) is 13.0. The van der Waals surface area contributed by atoms with Crippen LogP contribution < -0.4 is 4.74 Å². The van der Waals surface area contributed by atoms with Crippen molar-refractivity contribution in [3.63, 3.8) is 0 Å². The lowest BCUT2D eigenvalue weighted by Gasteiger charge is -2.09. The summed E-state index contributed by atoms with van der Waals surface area (Å²) in [5.74, 6) is 1.27. The van der Waals surface area contributed by atoms with Crippen molar-refractivity contribution < 1.29 is 14.3 Å². The van der Waals surface area contributed by atoms with Gasteiger partial charge >= 0.3 is 5.97 Å². The zero-order chi connectivity index (χ0) is 15.8. The van der Waals surface area contributed by atoms with Crippen molar-refractivity contribution in [3.05, 3.63) is 59.7 Å². The van der Waals surface area contributed by atoms with Gasteiger partial charge in [0.15, 0.2) is 0 Å². The fourth-order valence-electron chi connectivity index (χ4n) is 1.94. The fourth-order valence-corrected chi connectivity index (χ4v) is 2.77. The number of methoxy groups -OCH3 is 1. The maximum absolute atomic E-state index is 11.8. The van der Waals surface area contributed by atoms with Crippen LogP contribution in [0.2, 0.25) is 0 Å². The average molecular weight is 316 g/mol. The minimum Gasteiger partial charge on any atom is -0.496 e. The van der Waals surface area contributed by atoms with Gasteiger partial charge in [0.25, 0.3) is 0 Å². The van der Waals surface area contributed by atoms with Crippen molar-refractivity contribution in [1.29, 1.82) is 0 Å². The lowest BCUT2D eigenvalue weighted by Crippen LogP contribution is -2.06. The number of aryl methyl sites for hydroxylation is 1. The molecule has 0 aliphatic rings. The summed E-state index contributed by atoms with van der Waals surface area (Å²) in [7, 11) is 1.61. The lowest BCUT2D eigenvalue weighted by atomic mass is 10.2. The molecule has 0 N–H and O–H groups in total.